The zero-order chi connectivity index (χ0) is 14.8. The molecule has 21 heavy (non-hydrogen) atoms. The van der Waals surface area contributed by atoms with Gasteiger partial charge in [0.1, 0.15) is 5.82 Å². The quantitative estimate of drug-likeness (QED) is 0.631. The van der Waals surface area contributed by atoms with Gasteiger partial charge in [0.15, 0.2) is 5.16 Å². The Morgan fingerprint density at radius 3 is 2.76 bits per heavy atom. The van der Waals surface area contributed by atoms with Crippen LogP contribution in [-0.4, -0.2) is 53.2 Å². The Morgan fingerprint density at radius 1 is 1.24 bits per heavy atom. The highest BCUT2D eigenvalue weighted by atomic mass is 32.2. The summed E-state index contributed by atoms with van der Waals surface area (Å²) in [4.78, 5) is 25.5. The van der Waals surface area contributed by atoms with Gasteiger partial charge >= 0.3 is 0 Å². The van der Waals surface area contributed by atoms with E-state index in [0.717, 1.165) is 62.1 Å². The van der Waals surface area contributed by atoms with Crippen molar-refractivity contribution in [3.63, 3.8) is 0 Å². The van der Waals surface area contributed by atoms with Gasteiger partial charge in [0.05, 0.1) is 0 Å². The molecule has 1 amide bonds. The second kappa shape index (κ2) is 6.22. The lowest BCUT2D eigenvalue weighted by atomic mass is 10.3. The molecule has 1 saturated carbocycles. The number of rotatable bonds is 3. The summed E-state index contributed by atoms with van der Waals surface area (Å²) in [6, 6.07) is 2.04. The van der Waals surface area contributed by atoms with Crippen LogP contribution in [0.1, 0.15) is 25.0 Å². The summed E-state index contributed by atoms with van der Waals surface area (Å²) in [6.45, 7) is 5.52. The molecule has 114 valence electrons. The molecule has 3 rings (SSSR count). The van der Waals surface area contributed by atoms with Crippen molar-refractivity contribution in [2.24, 2.45) is 5.92 Å². The van der Waals surface area contributed by atoms with Crippen LogP contribution in [0.25, 0.3) is 0 Å². The minimum Gasteiger partial charge on any atom is -0.355 e. The fourth-order valence-electron chi connectivity index (χ4n) is 2.73. The van der Waals surface area contributed by atoms with Crippen molar-refractivity contribution in [2.75, 3.05) is 37.3 Å². The van der Waals surface area contributed by atoms with Crippen LogP contribution in [0.15, 0.2) is 11.2 Å². The minimum atomic E-state index is 0.320. The summed E-state index contributed by atoms with van der Waals surface area (Å²) >= 11 is 1.57. The zero-order valence-electron chi connectivity index (χ0n) is 12.7. The molecule has 1 saturated heterocycles. The average molecular weight is 306 g/mol. The van der Waals surface area contributed by atoms with Gasteiger partial charge in [0.25, 0.3) is 0 Å². The maximum absolute atomic E-state index is 12.2. The van der Waals surface area contributed by atoms with Crippen LogP contribution in [0.5, 0.6) is 0 Å². The number of aromatic nitrogens is 2. The fourth-order valence-corrected chi connectivity index (χ4v) is 3.15. The first-order valence-electron chi connectivity index (χ1n) is 7.61. The number of thioether (sulfide) groups is 1. The number of carbonyl (C=O) groups is 1. The van der Waals surface area contributed by atoms with Crippen LogP contribution in [0.2, 0.25) is 0 Å². The lowest BCUT2D eigenvalue weighted by Gasteiger charge is -2.23. The van der Waals surface area contributed by atoms with E-state index in [0.29, 0.717) is 11.8 Å². The van der Waals surface area contributed by atoms with E-state index in [1.54, 1.807) is 11.8 Å². The summed E-state index contributed by atoms with van der Waals surface area (Å²) in [7, 11) is 0. The molecule has 2 fully saturated rings. The van der Waals surface area contributed by atoms with Gasteiger partial charge in [0.2, 0.25) is 5.91 Å². The molecule has 5 nitrogen and oxygen atoms in total. The van der Waals surface area contributed by atoms with Crippen LogP contribution in [0.4, 0.5) is 5.82 Å². The molecule has 0 bridgehead atoms. The molecular weight excluding hydrogens is 284 g/mol. The van der Waals surface area contributed by atoms with Gasteiger partial charge in [-0.05, 0) is 32.4 Å². The number of hydrogen-bond donors (Lipinski definition) is 0. The Bertz CT molecular complexity index is 532. The molecule has 1 aliphatic heterocycles. The van der Waals surface area contributed by atoms with Gasteiger partial charge < -0.3 is 9.80 Å². The highest BCUT2D eigenvalue weighted by molar-refractivity contribution is 7.98. The van der Waals surface area contributed by atoms with Gasteiger partial charge in [-0.3, -0.25) is 4.79 Å². The zero-order valence-corrected chi connectivity index (χ0v) is 13.5. The van der Waals surface area contributed by atoms with Gasteiger partial charge in [-0.15, -0.1) is 0 Å². The van der Waals surface area contributed by atoms with Crippen LogP contribution in [-0.2, 0) is 4.79 Å². The number of amides is 1. The molecule has 2 aliphatic rings. The summed E-state index contributed by atoms with van der Waals surface area (Å²) in [5.41, 5.74) is 1.000. The lowest BCUT2D eigenvalue weighted by Crippen LogP contribution is -2.36. The van der Waals surface area contributed by atoms with E-state index in [9.17, 15) is 4.79 Å². The Hall–Kier alpha value is -1.30. The fraction of sp³-hybridized carbons (Fsp3) is 0.667. The second-order valence-electron chi connectivity index (χ2n) is 5.79. The molecule has 0 N–H and O–H groups in total. The molecule has 0 radical (unpaired) electrons. The van der Waals surface area contributed by atoms with E-state index in [1.165, 1.54) is 0 Å². The molecular formula is C15H22N4OS. The molecule has 1 aromatic rings. The number of hydrogen-bond acceptors (Lipinski definition) is 5. The smallest absolute Gasteiger partial charge is 0.225 e. The average Bonchev–Trinajstić information content (AvgIpc) is 3.32. The van der Waals surface area contributed by atoms with Crippen molar-refractivity contribution in [3.8, 4) is 0 Å². The topological polar surface area (TPSA) is 49.3 Å². The van der Waals surface area contributed by atoms with Crippen LogP contribution in [0, 0.1) is 12.8 Å². The SMILES string of the molecule is CSc1nc(C)cc(N2CCCN(C(=O)C3CC3)CC2)n1. The minimum absolute atomic E-state index is 0.320. The molecule has 0 unspecified atom stereocenters. The molecule has 1 aliphatic carbocycles. The Labute approximate surface area is 130 Å². The van der Waals surface area contributed by atoms with Crippen molar-refractivity contribution in [2.45, 2.75) is 31.3 Å². The standard InChI is InChI=1S/C15H22N4OS/c1-11-10-13(17-15(16-11)21-2)18-6-3-7-19(9-8-18)14(20)12-4-5-12/h10,12H,3-9H2,1-2H3. The highest BCUT2D eigenvalue weighted by Crippen LogP contribution is 2.31. The molecule has 1 aromatic heterocycles. The summed E-state index contributed by atoms with van der Waals surface area (Å²) in [5.74, 6) is 1.68. The maximum atomic E-state index is 12.2. The van der Waals surface area contributed by atoms with E-state index in [1.807, 2.05) is 24.1 Å². The largest absolute Gasteiger partial charge is 0.355 e. The predicted octanol–water partition coefficient (Wildman–Crippen LogP) is 1.96. The first-order valence-corrected chi connectivity index (χ1v) is 8.83. The molecule has 6 heteroatoms. The number of anilines is 1. The third-order valence-corrected chi connectivity index (χ3v) is 4.61. The van der Waals surface area contributed by atoms with Gasteiger partial charge in [-0.2, -0.15) is 0 Å². The predicted molar refractivity (Wildman–Crippen MR) is 84.7 cm³/mol. The first-order chi connectivity index (χ1) is 10.2. The Balaban J connectivity index is 1.69. The van der Waals surface area contributed by atoms with Crippen molar-refractivity contribution >= 4 is 23.5 Å². The van der Waals surface area contributed by atoms with Crippen LogP contribution in [0.3, 0.4) is 0 Å². The summed E-state index contributed by atoms with van der Waals surface area (Å²) in [6.07, 6.45) is 5.18. The van der Waals surface area contributed by atoms with Crippen molar-refractivity contribution in [1.29, 1.82) is 0 Å². The Morgan fingerprint density at radius 2 is 2.05 bits per heavy atom. The number of carbonyl (C=O) groups excluding carboxylic acids is 1. The summed E-state index contributed by atoms with van der Waals surface area (Å²) in [5, 5.41) is 0.820. The highest BCUT2D eigenvalue weighted by Gasteiger charge is 2.34. The second-order valence-corrected chi connectivity index (χ2v) is 6.57. The van der Waals surface area contributed by atoms with E-state index < -0.39 is 0 Å². The van der Waals surface area contributed by atoms with E-state index in [4.69, 9.17) is 0 Å². The van der Waals surface area contributed by atoms with Crippen molar-refractivity contribution in [3.05, 3.63) is 11.8 Å². The molecule has 2 heterocycles. The number of aryl methyl sites for hydroxylation is 1. The van der Waals surface area contributed by atoms with Gasteiger partial charge in [-0.25, -0.2) is 9.97 Å². The summed E-state index contributed by atoms with van der Waals surface area (Å²) < 4.78 is 0. The molecule has 0 spiro atoms. The van der Waals surface area contributed by atoms with Crippen LogP contribution < -0.4 is 4.90 Å². The van der Waals surface area contributed by atoms with E-state index in [-0.39, 0.29) is 0 Å². The molecule has 0 aromatic carbocycles. The van der Waals surface area contributed by atoms with Crippen LogP contribution >= 0.6 is 11.8 Å². The van der Waals surface area contributed by atoms with Crippen molar-refractivity contribution < 1.29 is 4.79 Å². The third kappa shape index (κ3) is 3.48. The van der Waals surface area contributed by atoms with Crippen molar-refractivity contribution in [1.82, 2.24) is 14.9 Å². The maximum Gasteiger partial charge on any atom is 0.225 e. The van der Waals surface area contributed by atoms with Gasteiger partial charge in [-0.1, -0.05) is 11.8 Å². The van der Waals surface area contributed by atoms with E-state index in [2.05, 4.69) is 14.9 Å². The number of nitrogens with zero attached hydrogens (tertiary/aromatic N) is 4. The third-order valence-electron chi connectivity index (χ3n) is 4.06. The molecule has 0 atom stereocenters. The first kappa shape index (κ1) is 14.6. The normalized spacial score (nSPS) is 19.5. The van der Waals surface area contributed by atoms with E-state index >= 15 is 0 Å². The Kier molecular flexibility index (Phi) is 4.33. The lowest BCUT2D eigenvalue weighted by molar-refractivity contribution is -0.132. The van der Waals surface area contributed by atoms with Gasteiger partial charge in [0, 0.05) is 43.9 Å². The monoisotopic (exact) mass is 306 g/mol.